The number of nitrogens with zero attached hydrogens (tertiary/aromatic N) is 1. The Morgan fingerprint density at radius 1 is 1.05 bits per heavy atom. The highest BCUT2D eigenvalue weighted by atomic mass is 35.5. The largest absolute Gasteiger partial charge is 0.243 e. The number of rotatable bonds is 6. The molecular weight excluding hydrogens is 305 g/mol. The van der Waals surface area contributed by atoms with E-state index < -0.39 is 10.0 Å². The van der Waals surface area contributed by atoms with Gasteiger partial charge in [0.25, 0.3) is 0 Å². The standard InChI is InChI=1S/C13H17Cl2NO2S/c14-6-8-16(9-7-15)19(17,18)13-5-4-11-2-1-3-12(11)10-13/h4-5,10H,1-3,6-9H2. The molecule has 2 rings (SSSR count). The minimum absolute atomic E-state index is 0.265. The molecule has 0 atom stereocenters. The summed E-state index contributed by atoms with van der Waals surface area (Å²) < 4.78 is 26.4. The quantitative estimate of drug-likeness (QED) is 0.755. The number of sulfonamides is 1. The summed E-state index contributed by atoms with van der Waals surface area (Å²) in [6.07, 6.45) is 3.11. The van der Waals surface area contributed by atoms with Crippen LogP contribution in [0.2, 0.25) is 0 Å². The fourth-order valence-corrected chi connectivity index (χ4v) is 4.50. The van der Waals surface area contributed by atoms with Crippen LogP contribution in [0.15, 0.2) is 23.1 Å². The van der Waals surface area contributed by atoms with E-state index in [1.165, 1.54) is 9.87 Å². The summed E-state index contributed by atoms with van der Waals surface area (Å²) in [6.45, 7) is 0.571. The van der Waals surface area contributed by atoms with Crippen molar-refractivity contribution in [2.45, 2.75) is 24.2 Å². The number of hydrogen-bond acceptors (Lipinski definition) is 2. The van der Waals surface area contributed by atoms with Crippen molar-refractivity contribution in [3.63, 3.8) is 0 Å². The van der Waals surface area contributed by atoms with Crippen LogP contribution in [0.25, 0.3) is 0 Å². The average Bonchev–Trinajstić information content (AvgIpc) is 2.85. The molecule has 0 saturated carbocycles. The van der Waals surface area contributed by atoms with Crippen LogP contribution in [-0.2, 0) is 22.9 Å². The molecule has 1 aliphatic rings. The second-order valence-electron chi connectivity index (χ2n) is 4.57. The van der Waals surface area contributed by atoms with Gasteiger partial charge in [-0.15, -0.1) is 23.2 Å². The van der Waals surface area contributed by atoms with Crippen LogP contribution in [-0.4, -0.2) is 37.6 Å². The summed E-state index contributed by atoms with van der Waals surface area (Å²) in [7, 11) is -3.48. The van der Waals surface area contributed by atoms with E-state index in [1.807, 2.05) is 6.07 Å². The zero-order valence-electron chi connectivity index (χ0n) is 10.6. The number of fused-ring (bicyclic) bond motifs is 1. The van der Waals surface area contributed by atoms with Crippen molar-refractivity contribution in [3.8, 4) is 0 Å². The lowest BCUT2D eigenvalue weighted by atomic mass is 10.1. The van der Waals surface area contributed by atoms with Gasteiger partial charge in [-0.05, 0) is 42.5 Å². The van der Waals surface area contributed by atoms with Gasteiger partial charge in [-0.1, -0.05) is 6.07 Å². The third-order valence-corrected chi connectivity index (χ3v) is 5.61. The van der Waals surface area contributed by atoms with Gasteiger partial charge in [0, 0.05) is 24.8 Å². The summed E-state index contributed by atoms with van der Waals surface area (Å²) in [6, 6.07) is 5.41. The normalized spacial score (nSPS) is 14.9. The molecule has 0 saturated heterocycles. The second kappa shape index (κ2) is 6.44. The zero-order chi connectivity index (χ0) is 13.9. The highest BCUT2D eigenvalue weighted by Crippen LogP contribution is 2.26. The van der Waals surface area contributed by atoms with Gasteiger partial charge in [0.05, 0.1) is 4.90 Å². The Labute approximate surface area is 124 Å². The van der Waals surface area contributed by atoms with Gasteiger partial charge in [0.1, 0.15) is 0 Å². The number of aryl methyl sites for hydroxylation is 2. The predicted molar refractivity (Wildman–Crippen MR) is 78.7 cm³/mol. The van der Waals surface area contributed by atoms with E-state index in [9.17, 15) is 8.42 Å². The van der Waals surface area contributed by atoms with Crippen LogP contribution >= 0.6 is 23.2 Å². The maximum atomic E-state index is 12.5. The van der Waals surface area contributed by atoms with Crippen LogP contribution in [0.3, 0.4) is 0 Å². The Morgan fingerprint density at radius 3 is 2.32 bits per heavy atom. The lowest BCUT2D eigenvalue weighted by Gasteiger charge is -2.20. The second-order valence-corrected chi connectivity index (χ2v) is 7.26. The number of hydrogen-bond donors (Lipinski definition) is 0. The van der Waals surface area contributed by atoms with Gasteiger partial charge in [-0.25, -0.2) is 8.42 Å². The highest BCUT2D eigenvalue weighted by Gasteiger charge is 2.25. The summed E-state index contributed by atoms with van der Waals surface area (Å²) in [5.41, 5.74) is 2.41. The summed E-state index contributed by atoms with van der Waals surface area (Å²) in [5.74, 6) is 0.530. The van der Waals surface area contributed by atoms with E-state index in [0.29, 0.717) is 4.90 Å². The monoisotopic (exact) mass is 321 g/mol. The molecule has 3 nitrogen and oxygen atoms in total. The molecule has 0 aliphatic heterocycles. The summed E-state index contributed by atoms with van der Waals surface area (Å²) in [4.78, 5) is 0.350. The third kappa shape index (κ3) is 3.24. The first-order valence-corrected chi connectivity index (χ1v) is 8.84. The van der Waals surface area contributed by atoms with Gasteiger partial charge >= 0.3 is 0 Å². The summed E-state index contributed by atoms with van der Waals surface area (Å²) in [5, 5.41) is 0. The topological polar surface area (TPSA) is 37.4 Å². The fourth-order valence-electron chi connectivity index (χ4n) is 2.40. The van der Waals surface area contributed by atoms with Crippen LogP contribution in [0.5, 0.6) is 0 Å². The van der Waals surface area contributed by atoms with Crippen molar-refractivity contribution in [2.75, 3.05) is 24.8 Å². The SMILES string of the molecule is O=S(=O)(c1ccc2c(c1)CCC2)N(CCCl)CCCl. The molecule has 0 heterocycles. The molecule has 0 unspecified atom stereocenters. The Morgan fingerprint density at radius 2 is 1.68 bits per heavy atom. The first kappa shape index (κ1) is 15.1. The molecule has 0 amide bonds. The van der Waals surface area contributed by atoms with Crippen molar-refractivity contribution in [1.29, 1.82) is 0 Å². The molecule has 0 bridgehead atoms. The van der Waals surface area contributed by atoms with E-state index in [1.54, 1.807) is 12.1 Å². The molecule has 0 fully saturated rings. The molecule has 1 aromatic carbocycles. The van der Waals surface area contributed by atoms with Gasteiger partial charge in [0.15, 0.2) is 0 Å². The van der Waals surface area contributed by atoms with E-state index in [-0.39, 0.29) is 24.8 Å². The smallest absolute Gasteiger partial charge is 0.207 e. The molecule has 0 radical (unpaired) electrons. The molecule has 19 heavy (non-hydrogen) atoms. The van der Waals surface area contributed by atoms with Gasteiger partial charge in [-0.3, -0.25) is 0 Å². The number of halogens is 2. The lowest BCUT2D eigenvalue weighted by Crippen LogP contribution is -2.34. The maximum absolute atomic E-state index is 12.5. The predicted octanol–water partition coefficient (Wildman–Crippen LogP) is 2.64. The average molecular weight is 322 g/mol. The van der Waals surface area contributed by atoms with Crippen molar-refractivity contribution in [3.05, 3.63) is 29.3 Å². The molecular formula is C13H17Cl2NO2S. The molecule has 1 aliphatic carbocycles. The molecule has 0 N–H and O–H groups in total. The van der Waals surface area contributed by atoms with E-state index >= 15 is 0 Å². The highest BCUT2D eigenvalue weighted by molar-refractivity contribution is 7.89. The van der Waals surface area contributed by atoms with Crippen molar-refractivity contribution in [1.82, 2.24) is 4.31 Å². The molecule has 106 valence electrons. The van der Waals surface area contributed by atoms with Crippen molar-refractivity contribution >= 4 is 33.2 Å². The molecule has 6 heteroatoms. The summed E-state index contributed by atoms with van der Waals surface area (Å²) >= 11 is 11.3. The van der Waals surface area contributed by atoms with Crippen LogP contribution in [0.4, 0.5) is 0 Å². The van der Waals surface area contributed by atoms with Crippen LogP contribution in [0, 0.1) is 0 Å². The molecule has 1 aromatic rings. The van der Waals surface area contributed by atoms with Crippen LogP contribution in [0.1, 0.15) is 17.5 Å². The number of alkyl halides is 2. The minimum Gasteiger partial charge on any atom is -0.207 e. The Balaban J connectivity index is 2.32. The Bertz CT molecular complexity index is 540. The Kier molecular flexibility index (Phi) is 5.12. The van der Waals surface area contributed by atoms with Crippen molar-refractivity contribution < 1.29 is 8.42 Å². The van der Waals surface area contributed by atoms with Crippen LogP contribution < -0.4 is 0 Å². The lowest BCUT2D eigenvalue weighted by molar-refractivity contribution is 0.448. The zero-order valence-corrected chi connectivity index (χ0v) is 12.9. The van der Waals surface area contributed by atoms with E-state index in [2.05, 4.69) is 0 Å². The van der Waals surface area contributed by atoms with E-state index in [0.717, 1.165) is 24.8 Å². The van der Waals surface area contributed by atoms with Crippen molar-refractivity contribution in [2.24, 2.45) is 0 Å². The molecule has 0 aromatic heterocycles. The Hall–Kier alpha value is -0.290. The number of benzene rings is 1. The maximum Gasteiger partial charge on any atom is 0.243 e. The van der Waals surface area contributed by atoms with Gasteiger partial charge < -0.3 is 0 Å². The first-order valence-electron chi connectivity index (χ1n) is 6.33. The van der Waals surface area contributed by atoms with Gasteiger partial charge in [0.2, 0.25) is 10.0 Å². The fraction of sp³-hybridized carbons (Fsp3) is 0.538. The third-order valence-electron chi connectivity index (χ3n) is 3.38. The minimum atomic E-state index is -3.48. The molecule has 0 spiro atoms. The van der Waals surface area contributed by atoms with Gasteiger partial charge in [-0.2, -0.15) is 4.31 Å². The van der Waals surface area contributed by atoms with E-state index in [4.69, 9.17) is 23.2 Å². The first-order chi connectivity index (χ1) is 9.09.